The molecule has 6 nitrogen and oxygen atoms in total. The largest absolute Gasteiger partial charge is 0.457 e. The molecule has 39 heavy (non-hydrogen) atoms. The summed E-state index contributed by atoms with van der Waals surface area (Å²) in [5, 5.41) is 17.8. The van der Waals surface area contributed by atoms with E-state index in [2.05, 4.69) is 16.7 Å². The average Bonchev–Trinajstić information content (AvgIpc) is 2.93. The van der Waals surface area contributed by atoms with Crippen LogP contribution in [0.4, 0.5) is 5.69 Å². The summed E-state index contributed by atoms with van der Waals surface area (Å²) in [6.07, 6.45) is 0. The van der Waals surface area contributed by atoms with Crippen molar-refractivity contribution in [3.8, 4) is 6.07 Å². The number of rotatable bonds is 8. The zero-order chi connectivity index (χ0) is 27.9. The van der Waals surface area contributed by atoms with Gasteiger partial charge in [-0.05, 0) is 54.8 Å². The van der Waals surface area contributed by atoms with Crippen LogP contribution in [-0.4, -0.2) is 17.6 Å². The molecule has 0 bridgehead atoms. The zero-order valence-electron chi connectivity index (χ0n) is 21.3. The van der Waals surface area contributed by atoms with Gasteiger partial charge in [-0.1, -0.05) is 83.5 Å². The fourth-order valence-corrected chi connectivity index (χ4v) is 5.29. The lowest BCUT2D eigenvalue weighted by Crippen LogP contribution is -2.29. The molecule has 0 aliphatic carbocycles. The predicted octanol–water partition coefficient (Wildman–Crippen LogP) is 7.11. The number of carbonyl (C=O) groups is 2. The van der Waals surface area contributed by atoms with E-state index >= 15 is 0 Å². The maximum absolute atomic E-state index is 13.4. The molecule has 1 amide bonds. The molecule has 2 N–H and O–H groups in total. The minimum Gasteiger partial charge on any atom is -0.457 e. The minimum absolute atomic E-state index is 0.0351. The number of amides is 1. The number of nitrogens with zero attached hydrogens (tertiary/aromatic N) is 1. The highest BCUT2D eigenvalue weighted by Gasteiger charge is 2.35. The van der Waals surface area contributed by atoms with Crippen molar-refractivity contribution in [2.45, 2.75) is 26.4 Å². The van der Waals surface area contributed by atoms with Crippen LogP contribution >= 0.6 is 35.0 Å². The zero-order valence-corrected chi connectivity index (χ0v) is 23.6. The molecule has 0 saturated heterocycles. The van der Waals surface area contributed by atoms with Crippen LogP contribution in [0.1, 0.15) is 29.5 Å². The van der Waals surface area contributed by atoms with E-state index in [-0.39, 0.29) is 18.3 Å². The Labute approximate surface area is 241 Å². The Morgan fingerprint density at radius 3 is 2.44 bits per heavy atom. The van der Waals surface area contributed by atoms with Crippen LogP contribution in [0, 0.1) is 18.3 Å². The number of ether oxygens (including phenoxy) is 1. The van der Waals surface area contributed by atoms with E-state index in [4.69, 9.17) is 27.9 Å². The van der Waals surface area contributed by atoms with Gasteiger partial charge in [0.2, 0.25) is 5.91 Å². The van der Waals surface area contributed by atoms with Gasteiger partial charge in [0, 0.05) is 21.4 Å². The van der Waals surface area contributed by atoms with Gasteiger partial charge in [-0.2, -0.15) is 5.26 Å². The molecule has 1 aliphatic rings. The molecular formula is C30H25Cl2N3O3S. The quantitative estimate of drug-likeness (QED) is 0.277. The van der Waals surface area contributed by atoms with E-state index in [9.17, 15) is 14.9 Å². The number of dihydropyridines is 1. The number of nitriles is 1. The summed E-state index contributed by atoms with van der Waals surface area (Å²) < 4.78 is 5.65. The molecule has 9 heteroatoms. The molecule has 0 saturated carbocycles. The molecular weight excluding hydrogens is 553 g/mol. The molecule has 3 aromatic carbocycles. The van der Waals surface area contributed by atoms with E-state index in [1.54, 1.807) is 43.3 Å². The van der Waals surface area contributed by atoms with Gasteiger partial charge in [0.05, 0.1) is 33.9 Å². The summed E-state index contributed by atoms with van der Waals surface area (Å²) in [5.74, 6) is -1.45. The lowest BCUT2D eigenvalue weighted by molar-refractivity contribution is -0.140. The van der Waals surface area contributed by atoms with Crippen molar-refractivity contribution in [2.75, 3.05) is 11.1 Å². The number of halogens is 2. The van der Waals surface area contributed by atoms with Crippen LogP contribution in [0.3, 0.4) is 0 Å². The van der Waals surface area contributed by atoms with E-state index in [0.29, 0.717) is 43.2 Å². The van der Waals surface area contributed by atoms with Crippen LogP contribution in [0.5, 0.6) is 0 Å². The van der Waals surface area contributed by atoms with Crippen molar-refractivity contribution in [1.29, 1.82) is 5.26 Å². The number of esters is 1. The van der Waals surface area contributed by atoms with Crippen molar-refractivity contribution in [2.24, 2.45) is 0 Å². The van der Waals surface area contributed by atoms with Crippen molar-refractivity contribution in [1.82, 2.24) is 5.32 Å². The highest BCUT2D eigenvalue weighted by atomic mass is 35.5. The molecule has 1 aliphatic heterocycles. The Morgan fingerprint density at radius 1 is 1.05 bits per heavy atom. The lowest BCUT2D eigenvalue weighted by atomic mass is 9.82. The summed E-state index contributed by atoms with van der Waals surface area (Å²) in [5.41, 5.74) is 4.23. The summed E-state index contributed by atoms with van der Waals surface area (Å²) >= 11 is 13.5. The number of hydrogen-bond donors (Lipinski definition) is 2. The predicted molar refractivity (Wildman–Crippen MR) is 156 cm³/mol. The number of nitrogens with one attached hydrogen (secondary N) is 2. The number of anilines is 1. The van der Waals surface area contributed by atoms with Crippen LogP contribution < -0.4 is 10.6 Å². The fourth-order valence-electron chi connectivity index (χ4n) is 4.09. The number of aryl methyl sites for hydroxylation is 1. The first-order valence-corrected chi connectivity index (χ1v) is 13.8. The second-order valence-electron chi connectivity index (χ2n) is 8.87. The van der Waals surface area contributed by atoms with Crippen molar-refractivity contribution in [3.05, 3.63) is 121 Å². The molecule has 4 rings (SSSR count). The van der Waals surface area contributed by atoms with Crippen molar-refractivity contribution in [3.63, 3.8) is 0 Å². The molecule has 0 aromatic heterocycles. The van der Waals surface area contributed by atoms with Gasteiger partial charge in [0.15, 0.2) is 0 Å². The molecule has 0 spiro atoms. The fraction of sp³-hybridized carbons (Fsp3) is 0.167. The molecule has 0 radical (unpaired) electrons. The normalized spacial score (nSPS) is 14.9. The number of carbonyl (C=O) groups excluding carboxylic acids is 2. The maximum atomic E-state index is 13.4. The number of thioether (sulfide) groups is 1. The summed E-state index contributed by atoms with van der Waals surface area (Å²) in [6, 6.07) is 23.9. The Morgan fingerprint density at radius 2 is 1.77 bits per heavy atom. The number of benzene rings is 3. The van der Waals surface area contributed by atoms with E-state index in [1.807, 2.05) is 43.3 Å². The molecule has 0 unspecified atom stereocenters. The highest BCUT2D eigenvalue weighted by molar-refractivity contribution is 8.03. The molecule has 1 heterocycles. The van der Waals surface area contributed by atoms with Gasteiger partial charge >= 0.3 is 5.97 Å². The number of hydrogen-bond acceptors (Lipinski definition) is 6. The van der Waals surface area contributed by atoms with Gasteiger partial charge in [-0.3, -0.25) is 4.79 Å². The summed E-state index contributed by atoms with van der Waals surface area (Å²) in [6.45, 7) is 3.73. The van der Waals surface area contributed by atoms with Gasteiger partial charge in [0.25, 0.3) is 0 Å². The Kier molecular flexibility index (Phi) is 9.36. The van der Waals surface area contributed by atoms with Gasteiger partial charge in [-0.25, -0.2) is 4.79 Å². The van der Waals surface area contributed by atoms with Crippen LogP contribution in [0.25, 0.3) is 0 Å². The third-order valence-electron chi connectivity index (χ3n) is 6.09. The smallest absolute Gasteiger partial charge is 0.337 e. The standard InChI is InChI=1S/C30H25Cl2N3O3S/c1-18-8-13-23(14-25(18)32)35-26(36)17-39-29-24(15-33)28(21-9-11-22(31)12-10-21)27(19(2)34-29)30(37)38-16-20-6-4-3-5-7-20/h3-14,28,34H,16-17H2,1-2H3,(H,35,36)/t28-/m1/s1. The first kappa shape index (κ1) is 28.3. The van der Waals surface area contributed by atoms with E-state index in [0.717, 1.165) is 11.1 Å². The molecule has 3 aromatic rings. The Bertz CT molecular complexity index is 1500. The Hall–Kier alpha value is -3.70. The minimum atomic E-state index is -0.696. The van der Waals surface area contributed by atoms with Gasteiger partial charge < -0.3 is 15.4 Å². The molecule has 1 atom stereocenters. The van der Waals surface area contributed by atoms with Gasteiger partial charge in [0.1, 0.15) is 6.61 Å². The topological polar surface area (TPSA) is 91.2 Å². The maximum Gasteiger partial charge on any atom is 0.337 e. The lowest BCUT2D eigenvalue weighted by Gasteiger charge is -2.29. The monoisotopic (exact) mass is 577 g/mol. The van der Waals surface area contributed by atoms with Crippen molar-refractivity contribution < 1.29 is 14.3 Å². The highest BCUT2D eigenvalue weighted by Crippen LogP contribution is 2.41. The van der Waals surface area contributed by atoms with Crippen molar-refractivity contribution >= 4 is 52.5 Å². The molecule has 0 fully saturated rings. The van der Waals surface area contributed by atoms with Crippen LogP contribution in [-0.2, 0) is 20.9 Å². The summed E-state index contributed by atoms with van der Waals surface area (Å²) in [4.78, 5) is 26.1. The van der Waals surface area contributed by atoms with E-state index < -0.39 is 11.9 Å². The van der Waals surface area contributed by atoms with Crippen LogP contribution in [0.2, 0.25) is 10.0 Å². The van der Waals surface area contributed by atoms with Gasteiger partial charge in [-0.15, -0.1) is 0 Å². The Balaban J connectivity index is 1.58. The SMILES string of the molecule is CC1=C(C(=O)OCc2ccccc2)[C@H](c2ccc(Cl)cc2)C(C#N)=C(SCC(=O)Nc2ccc(C)c(Cl)c2)N1. The summed E-state index contributed by atoms with van der Waals surface area (Å²) in [7, 11) is 0. The average molecular weight is 579 g/mol. The first-order valence-electron chi connectivity index (χ1n) is 12.0. The third-order valence-corrected chi connectivity index (χ3v) is 7.76. The third kappa shape index (κ3) is 7.04. The second-order valence-corrected chi connectivity index (χ2v) is 10.7. The molecule has 198 valence electrons. The number of allylic oxidation sites excluding steroid dienone is 2. The first-order chi connectivity index (χ1) is 18.8. The van der Waals surface area contributed by atoms with E-state index in [1.165, 1.54) is 11.8 Å². The second kappa shape index (κ2) is 12.9. The van der Waals surface area contributed by atoms with Crippen LogP contribution in [0.15, 0.2) is 94.7 Å².